The van der Waals surface area contributed by atoms with Crippen LogP contribution in [0.2, 0.25) is 0 Å². The summed E-state index contributed by atoms with van der Waals surface area (Å²) in [7, 11) is -4.22. The Morgan fingerprint density at radius 2 is 1.12 bits per heavy atom. The van der Waals surface area contributed by atoms with Crippen LogP contribution in [-0.4, -0.2) is 73.2 Å². The zero-order valence-corrected chi connectivity index (χ0v) is 18.4. The third-order valence-corrected chi connectivity index (χ3v) is 5.65. The van der Waals surface area contributed by atoms with Crippen molar-refractivity contribution in [2.45, 2.75) is 81.7 Å². The van der Waals surface area contributed by atoms with E-state index >= 15 is 0 Å². The van der Waals surface area contributed by atoms with Gasteiger partial charge in [-0.05, 0) is 37.1 Å². The Hall–Kier alpha value is -0.530. The molecule has 0 heterocycles. The van der Waals surface area contributed by atoms with Gasteiger partial charge in [-0.3, -0.25) is 4.55 Å². The van der Waals surface area contributed by atoms with Crippen molar-refractivity contribution in [3.8, 4) is 5.75 Å². The molecule has 5 nitrogen and oxygen atoms in total. The molecule has 188 valence electrons. The van der Waals surface area contributed by atoms with E-state index in [0.29, 0.717) is 25.2 Å². The number of rotatable bonds is 15. The first kappa shape index (κ1) is 32.5. The molecule has 0 aliphatic carbocycles. The summed E-state index contributed by atoms with van der Waals surface area (Å²) in [4.78, 5) is -1.58. The molecular weight excluding hydrogens is 487 g/mol. The summed E-state index contributed by atoms with van der Waals surface area (Å²) in [5, 5.41) is 0. The van der Waals surface area contributed by atoms with E-state index in [4.69, 9.17) is 9.29 Å². The molecule has 0 saturated carbocycles. The van der Waals surface area contributed by atoms with Crippen LogP contribution in [0.5, 0.6) is 5.75 Å². The molecule has 1 aromatic carbocycles. The topological polar surface area (TPSA) is 66.8 Å². The number of unbranched alkanes of at least 4 members (excludes halogenated alkanes) is 9. The van der Waals surface area contributed by atoms with Crippen molar-refractivity contribution in [1.29, 1.82) is 0 Å². The SMILES string of the molecule is O=S(=O)(O)c1ccc(OCCCCCCCCCCCCN(C(F)(F)F)C(F)(F)F)cc1.[NaH]. The number of hydrogen-bond acceptors (Lipinski definition) is 4. The molecule has 0 aromatic heterocycles. The van der Waals surface area contributed by atoms with Crippen molar-refractivity contribution in [1.82, 2.24) is 4.90 Å². The molecule has 0 radical (unpaired) electrons. The molecule has 0 bridgehead atoms. The van der Waals surface area contributed by atoms with Gasteiger partial charge in [-0.25, -0.2) is 0 Å². The monoisotopic (exact) mass is 517 g/mol. The van der Waals surface area contributed by atoms with Crippen molar-refractivity contribution in [2.75, 3.05) is 13.2 Å². The number of alkyl halides is 6. The minimum absolute atomic E-state index is 0. The second-order valence-electron chi connectivity index (χ2n) is 7.42. The van der Waals surface area contributed by atoms with E-state index in [9.17, 15) is 34.8 Å². The number of benzene rings is 1. The normalized spacial score (nSPS) is 12.6. The van der Waals surface area contributed by atoms with Gasteiger partial charge in [-0.1, -0.05) is 51.4 Å². The summed E-state index contributed by atoms with van der Waals surface area (Å²) >= 11 is 0. The molecule has 0 saturated heterocycles. The van der Waals surface area contributed by atoms with Gasteiger partial charge in [0.05, 0.1) is 11.5 Å². The van der Waals surface area contributed by atoms with Gasteiger partial charge in [0.2, 0.25) is 0 Å². The van der Waals surface area contributed by atoms with Gasteiger partial charge in [0, 0.05) is 6.54 Å². The van der Waals surface area contributed by atoms with Gasteiger partial charge < -0.3 is 4.74 Å². The average Bonchev–Trinajstić information content (AvgIpc) is 2.66. The van der Waals surface area contributed by atoms with E-state index in [2.05, 4.69) is 0 Å². The Morgan fingerprint density at radius 1 is 0.727 bits per heavy atom. The molecule has 0 fully saturated rings. The first-order valence-corrected chi connectivity index (χ1v) is 11.9. The minimum atomic E-state index is -5.41. The average molecular weight is 518 g/mol. The molecule has 0 spiro atoms. The third-order valence-electron chi connectivity index (χ3n) is 4.78. The van der Waals surface area contributed by atoms with Crippen LogP contribution >= 0.6 is 0 Å². The van der Waals surface area contributed by atoms with E-state index < -0.39 is 34.2 Å². The third kappa shape index (κ3) is 14.5. The molecular formula is C20H30F6NNaO4S. The maximum absolute atomic E-state index is 12.4. The number of halogens is 6. The van der Waals surface area contributed by atoms with Crippen LogP contribution in [0.4, 0.5) is 26.3 Å². The summed E-state index contributed by atoms with van der Waals surface area (Å²) in [6, 6.07) is 5.44. The van der Waals surface area contributed by atoms with Crippen molar-refractivity contribution in [2.24, 2.45) is 0 Å². The summed E-state index contributed by atoms with van der Waals surface area (Å²) in [6.07, 6.45) is -3.70. The fraction of sp³-hybridized carbons (Fsp3) is 0.700. The number of ether oxygens (including phenoxy) is 1. The predicted molar refractivity (Wildman–Crippen MR) is 114 cm³/mol. The summed E-state index contributed by atoms with van der Waals surface area (Å²) in [5.74, 6) is 0.506. The molecule has 1 rings (SSSR count). The Bertz CT molecular complexity index is 743. The second-order valence-corrected chi connectivity index (χ2v) is 8.84. The molecule has 0 amide bonds. The van der Waals surface area contributed by atoms with Crippen molar-refractivity contribution in [3.05, 3.63) is 24.3 Å². The molecule has 0 aliphatic heterocycles. The van der Waals surface area contributed by atoms with E-state index in [1.54, 1.807) is 0 Å². The summed E-state index contributed by atoms with van der Waals surface area (Å²) in [6.45, 7) is -0.599. The van der Waals surface area contributed by atoms with Crippen LogP contribution in [0.15, 0.2) is 29.2 Å². The van der Waals surface area contributed by atoms with Gasteiger partial charge in [-0.2, -0.15) is 34.8 Å². The van der Waals surface area contributed by atoms with Crippen LogP contribution < -0.4 is 4.74 Å². The first-order valence-electron chi connectivity index (χ1n) is 10.4. The molecule has 0 aliphatic rings. The van der Waals surface area contributed by atoms with E-state index in [1.807, 2.05) is 0 Å². The van der Waals surface area contributed by atoms with Crippen molar-refractivity contribution in [3.63, 3.8) is 0 Å². The fourth-order valence-electron chi connectivity index (χ4n) is 3.08. The molecule has 0 atom stereocenters. The van der Waals surface area contributed by atoms with Crippen LogP contribution in [0.3, 0.4) is 0 Å². The van der Waals surface area contributed by atoms with Gasteiger partial charge in [0.1, 0.15) is 5.75 Å². The fourth-order valence-corrected chi connectivity index (χ4v) is 3.56. The predicted octanol–water partition coefficient (Wildman–Crippen LogP) is 5.91. The molecule has 0 unspecified atom stereocenters. The van der Waals surface area contributed by atoms with Gasteiger partial charge in [0.25, 0.3) is 10.1 Å². The van der Waals surface area contributed by atoms with Crippen LogP contribution in [0, 0.1) is 0 Å². The Kier molecular flexibility index (Phi) is 15.2. The second kappa shape index (κ2) is 15.5. The zero-order chi connectivity index (χ0) is 24.3. The Balaban J connectivity index is 0.0000102. The maximum atomic E-state index is 12.4. The van der Waals surface area contributed by atoms with Crippen LogP contribution in [-0.2, 0) is 10.1 Å². The molecule has 33 heavy (non-hydrogen) atoms. The number of nitrogens with zero attached hydrogens (tertiary/aromatic N) is 1. The Labute approximate surface area is 212 Å². The van der Waals surface area contributed by atoms with Crippen LogP contribution in [0.25, 0.3) is 0 Å². The van der Waals surface area contributed by atoms with Gasteiger partial charge >= 0.3 is 42.2 Å². The van der Waals surface area contributed by atoms with Gasteiger partial charge in [0.15, 0.2) is 0 Å². The molecule has 13 heteroatoms. The van der Waals surface area contributed by atoms with Gasteiger partial charge in [-0.15, -0.1) is 4.90 Å². The summed E-state index contributed by atoms with van der Waals surface area (Å²) in [5.41, 5.74) is 0. The molecule has 1 N–H and O–H groups in total. The quantitative estimate of drug-likeness (QED) is 0.103. The standard InChI is InChI=1S/C20H29F6NO4S.Na.H/c21-19(22,23)27(20(24,25)26)15-9-7-5-3-1-2-4-6-8-10-16-31-17-11-13-18(14-12-17)32(28,29)30;;/h11-14H,1-10,15-16H2,(H,28,29,30);;. The first-order chi connectivity index (χ1) is 14.8. The van der Waals surface area contributed by atoms with E-state index in [1.165, 1.54) is 24.3 Å². The van der Waals surface area contributed by atoms with Crippen LogP contribution in [0.1, 0.15) is 64.2 Å². The van der Waals surface area contributed by atoms with Crippen molar-refractivity contribution >= 4 is 39.7 Å². The summed E-state index contributed by atoms with van der Waals surface area (Å²) < 4.78 is 110. The molecule has 1 aromatic rings. The Morgan fingerprint density at radius 3 is 1.52 bits per heavy atom. The number of hydrogen-bond donors (Lipinski definition) is 1. The zero-order valence-electron chi connectivity index (χ0n) is 17.6. The van der Waals surface area contributed by atoms with E-state index in [0.717, 1.165) is 44.9 Å². The van der Waals surface area contributed by atoms with Crippen molar-refractivity contribution < 1.29 is 44.0 Å². The van der Waals surface area contributed by atoms with E-state index in [-0.39, 0.29) is 40.9 Å².